The summed E-state index contributed by atoms with van der Waals surface area (Å²) >= 11 is 0.969. The molecule has 1 atom stereocenters. The van der Waals surface area contributed by atoms with Crippen LogP contribution in [0.3, 0.4) is 0 Å². The summed E-state index contributed by atoms with van der Waals surface area (Å²) in [5.41, 5.74) is -1.52. The van der Waals surface area contributed by atoms with Crippen molar-refractivity contribution < 1.29 is 22.7 Å². The van der Waals surface area contributed by atoms with Gasteiger partial charge in [-0.05, 0) is 18.2 Å². The first kappa shape index (κ1) is 13.2. The molecule has 1 saturated heterocycles. The van der Waals surface area contributed by atoms with Gasteiger partial charge >= 0.3 is 6.18 Å². The van der Waals surface area contributed by atoms with E-state index in [9.17, 15) is 18.0 Å². The summed E-state index contributed by atoms with van der Waals surface area (Å²) in [7, 11) is 0. The van der Waals surface area contributed by atoms with E-state index in [2.05, 4.69) is 5.32 Å². The minimum atomic E-state index is -4.38. The molecule has 18 heavy (non-hydrogen) atoms. The first-order chi connectivity index (χ1) is 8.47. The van der Waals surface area contributed by atoms with Crippen LogP contribution < -0.4 is 5.32 Å². The molecular formula is C11H10F3NO2S. The van der Waals surface area contributed by atoms with E-state index in [1.54, 1.807) is 0 Å². The molecule has 1 heterocycles. The molecule has 1 aliphatic heterocycles. The van der Waals surface area contributed by atoms with Crippen molar-refractivity contribution in [2.24, 2.45) is 0 Å². The van der Waals surface area contributed by atoms with Gasteiger partial charge in [0.2, 0.25) is 0 Å². The molecular weight excluding hydrogens is 267 g/mol. The van der Waals surface area contributed by atoms with Crippen LogP contribution in [0.1, 0.15) is 5.56 Å². The van der Waals surface area contributed by atoms with Gasteiger partial charge in [-0.25, -0.2) is 0 Å². The van der Waals surface area contributed by atoms with Crippen LogP contribution in [0.5, 0.6) is 0 Å². The lowest BCUT2D eigenvalue weighted by molar-refractivity contribution is -0.137. The van der Waals surface area contributed by atoms with Gasteiger partial charge < -0.3 is 10.1 Å². The predicted molar refractivity (Wildman–Crippen MR) is 60.1 cm³/mol. The molecule has 1 aromatic rings. The van der Waals surface area contributed by atoms with Gasteiger partial charge in [-0.15, -0.1) is 0 Å². The Kier molecular flexibility index (Phi) is 3.82. The lowest BCUT2D eigenvalue weighted by Crippen LogP contribution is -2.42. The highest BCUT2D eigenvalue weighted by Crippen LogP contribution is 2.33. The Bertz CT molecular complexity index is 450. The number of carbonyl (C=O) groups is 1. The Labute approximate surface area is 106 Å². The van der Waals surface area contributed by atoms with Gasteiger partial charge in [0, 0.05) is 11.4 Å². The number of nitrogens with one attached hydrogen (secondary N) is 1. The molecule has 3 nitrogen and oxygen atoms in total. The van der Waals surface area contributed by atoms with Crippen LogP contribution >= 0.6 is 11.8 Å². The smallest absolute Gasteiger partial charge is 0.355 e. The summed E-state index contributed by atoms with van der Waals surface area (Å²) < 4.78 is 42.7. The van der Waals surface area contributed by atoms with Crippen molar-refractivity contribution in [3.05, 3.63) is 29.8 Å². The fourth-order valence-electron chi connectivity index (χ4n) is 1.46. The van der Waals surface area contributed by atoms with Crippen LogP contribution in [-0.4, -0.2) is 24.5 Å². The summed E-state index contributed by atoms with van der Waals surface area (Å²) in [5, 5.41) is 2.59. The molecule has 1 amide bonds. The summed E-state index contributed by atoms with van der Waals surface area (Å²) in [6, 6.07) is 4.83. The summed E-state index contributed by atoms with van der Waals surface area (Å²) in [4.78, 5) is 11.8. The zero-order valence-electron chi connectivity index (χ0n) is 9.16. The number of rotatable bonds is 2. The molecule has 7 heteroatoms. The van der Waals surface area contributed by atoms with E-state index in [1.165, 1.54) is 12.1 Å². The minimum absolute atomic E-state index is 0.316. The van der Waals surface area contributed by atoms with Crippen molar-refractivity contribution in [1.82, 2.24) is 5.32 Å². The second-order valence-corrected chi connectivity index (χ2v) is 4.77. The van der Waals surface area contributed by atoms with Gasteiger partial charge in [0.25, 0.3) is 5.91 Å². The van der Waals surface area contributed by atoms with Crippen molar-refractivity contribution in [1.29, 1.82) is 0 Å². The highest BCUT2D eigenvalue weighted by molar-refractivity contribution is 8.00. The van der Waals surface area contributed by atoms with Gasteiger partial charge in [0.1, 0.15) is 0 Å². The Morgan fingerprint density at radius 2 is 2.17 bits per heavy atom. The maximum absolute atomic E-state index is 12.5. The molecule has 0 aliphatic carbocycles. The van der Waals surface area contributed by atoms with E-state index in [0.29, 0.717) is 18.0 Å². The standard InChI is InChI=1S/C11H10F3NO2S/c12-11(13,14)7-2-1-3-8(6-7)18-10-9(16)15-4-5-17-10/h1-3,6,10H,4-5H2,(H,15,16). The van der Waals surface area contributed by atoms with Crippen LogP contribution in [-0.2, 0) is 15.7 Å². The van der Waals surface area contributed by atoms with Crippen molar-refractivity contribution in [3.8, 4) is 0 Å². The van der Waals surface area contributed by atoms with Crippen molar-refractivity contribution in [2.75, 3.05) is 13.2 Å². The van der Waals surface area contributed by atoms with Crippen LogP contribution in [0.15, 0.2) is 29.2 Å². The fraction of sp³-hybridized carbons (Fsp3) is 0.364. The Hall–Kier alpha value is -1.21. The Morgan fingerprint density at radius 1 is 1.39 bits per heavy atom. The quantitative estimate of drug-likeness (QED) is 0.901. The van der Waals surface area contributed by atoms with E-state index in [1.807, 2.05) is 0 Å². The van der Waals surface area contributed by atoms with Gasteiger partial charge in [0.05, 0.1) is 12.2 Å². The number of halogens is 3. The molecule has 0 aromatic heterocycles. The van der Waals surface area contributed by atoms with Crippen molar-refractivity contribution in [3.63, 3.8) is 0 Å². The van der Waals surface area contributed by atoms with Crippen LogP contribution in [0.25, 0.3) is 0 Å². The molecule has 1 aromatic carbocycles. The first-order valence-corrected chi connectivity index (χ1v) is 6.08. The van der Waals surface area contributed by atoms with Crippen LogP contribution in [0.4, 0.5) is 13.2 Å². The normalized spacial score (nSPS) is 20.6. The molecule has 1 aliphatic rings. The number of amides is 1. The monoisotopic (exact) mass is 277 g/mol. The molecule has 98 valence electrons. The molecule has 0 saturated carbocycles. The van der Waals surface area contributed by atoms with E-state index >= 15 is 0 Å². The van der Waals surface area contributed by atoms with E-state index in [0.717, 1.165) is 23.9 Å². The minimum Gasteiger partial charge on any atom is -0.355 e. The molecule has 1 unspecified atom stereocenters. The number of hydrogen-bond donors (Lipinski definition) is 1. The zero-order chi connectivity index (χ0) is 13.2. The highest BCUT2D eigenvalue weighted by atomic mass is 32.2. The third kappa shape index (κ3) is 3.17. The third-order valence-electron chi connectivity index (χ3n) is 2.29. The zero-order valence-corrected chi connectivity index (χ0v) is 9.98. The number of hydrogen-bond acceptors (Lipinski definition) is 3. The molecule has 0 radical (unpaired) electrons. The average molecular weight is 277 g/mol. The van der Waals surface area contributed by atoms with Gasteiger partial charge in [-0.3, -0.25) is 4.79 Å². The van der Waals surface area contributed by atoms with Crippen LogP contribution in [0.2, 0.25) is 0 Å². The Balaban J connectivity index is 2.12. The average Bonchev–Trinajstić information content (AvgIpc) is 2.31. The van der Waals surface area contributed by atoms with Crippen LogP contribution in [0, 0.1) is 0 Å². The molecule has 2 rings (SSSR count). The first-order valence-electron chi connectivity index (χ1n) is 5.20. The second-order valence-electron chi connectivity index (χ2n) is 3.64. The fourth-order valence-corrected chi connectivity index (χ4v) is 2.41. The molecule has 1 fully saturated rings. The number of carbonyl (C=O) groups excluding carboxylic acids is 1. The van der Waals surface area contributed by atoms with Gasteiger partial charge in [-0.1, -0.05) is 17.8 Å². The Morgan fingerprint density at radius 3 is 2.83 bits per heavy atom. The maximum Gasteiger partial charge on any atom is 0.416 e. The maximum atomic E-state index is 12.5. The van der Waals surface area contributed by atoms with Crippen molar-refractivity contribution in [2.45, 2.75) is 16.5 Å². The number of ether oxygens (including phenoxy) is 1. The lowest BCUT2D eigenvalue weighted by Gasteiger charge is -2.22. The number of thioether (sulfide) groups is 1. The molecule has 1 N–H and O–H groups in total. The summed E-state index contributed by atoms with van der Waals surface area (Å²) in [6.07, 6.45) is -4.38. The number of benzene rings is 1. The van der Waals surface area contributed by atoms with Gasteiger partial charge in [-0.2, -0.15) is 13.2 Å². The highest BCUT2D eigenvalue weighted by Gasteiger charge is 2.31. The largest absolute Gasteiger partial charge is 0.416 e. The summed E-state index contributed by atoms with van der Waals surface area (Å²) in [5.74, 6) is -0.316. The van der Waals surface area contributed by atoms with Crippen molar-refractivity contribution >= 4 is 17.7 Å². The van der Waals surface area contributed by atoms with E-state index in [4.69, 9.17) is 4.74 Å². The SMILES string of the molecule is O=C1NCCOC1Sc1cccc(C(F)(F)F)c1. The van der Waals surface area contributed by atoms with E-state index < -0.39 is 17.2 Å². The number of alkyl halides is 3. The molecule has 0 spiro atoms. The van der Waals surface area contributed by atoms with Gasteiger partial charge in [0.15, 0.2) is 5.44 Å². The molecule has 0 bridgehead atoms. The third-order valence-corrected chi connectivity index (χ3v) is 3.38. The topological polar surface area (TPSA) is 38.3 Å². The second kappa shape index (κ2) is 5.19. The number of morpholine rings is 1. The predicted octanol–water partition coefficient (Wildman–Crippen LogP) is 2.27. The van der Waals surface area contributed by atoms with E-state index in [-0.39, 0.29) is 5.91 Å². The lowest BCUT2D eigenvalue weighted by atomic mass is 10.2. The summed E-state index contributed by atoms with van der Waals surface area (Å²) in [6.45, 7) is 0.793.